The highest BCUT2D eigenvalue weighted by atomic mass is 35.5. The van der Waals surface area contributed by atoms with Gasteiger partial charge in [0.1, 0.15) is 18.2 Å². The number of hydrogen-bond donors (Lipinski definition) is 3. The van der Waals surface area contributed by atoms with E-state index in [0.29, 0.717) is 16.4 Å². The highest BCUT2D eigenvalue weighted by Gasteiger charge is 2.30. The molecule has 0 aliphatic carbocycles. The molecule has 8 nitrogen and oxygen atoms in total. The van der Waals surface area contributed by atoms with E-state index >= 15 is 0 Å². The largest absolute Gasteiger partial charge is 0.383 e. The summed E-state index contributed by atoms with van der Waals surface area (Å²) in [4.78, 5) is 12.3. The SMILES string of the molecule is Nc1c(S(=O)(=O)c2ccccc2)c(Nc2ccc(F)cc2)nn1CC(=O)Nc1cccc(Cl)c1. The number of sulfone groups is 1. The Morgan fingerprint density at radius 1 is 1.00 bits per heavy atom. The summed E-state index contributed by atoms with van der Waals surface area (Å²) in [5, 5.41) is 10.2. The highest BCUT2D eigenvalue weighted by Crippen LogP contribution is 2.34. The van der Waals surface area contributed by atoms with Crippen molar-refractivity contribution >= 4 is 50.4 Å². The fourth-order valence-electron chi connectivity index (χ4n) is 3.22. The van der Waals surface area contributed by atoms with Crippen molar-refractivity contribution in [3.8, 4) is 0 Å². The maximum atomic E-state index is 13.4. The van der Waals surface area contributed by atoms with Crippen molar-refractivity contribution in [2.24, 2.45) is 0 Å². The van der Waals surface area contributed by atoms with Crippen LogP contribution in [0.4, 0.5) is 27.4 Å². The Balaban J connectivity index is 1.71. The first-order chi connectivity index (χ1) is 16.2. The number of amides is 1. The van der Waals surface area contributed by atoms with Crippen LogP contribution < -0.4 is 16.4 Å². The second-order valence-corrected chi connectivity index (χ2v) is 9.55. The van der Waals surface area contributed by atoms with E-state index in [4.69, 9.17) is 17.3 Å². The van der Waals surface area contributed by atoms with Crippen molar-refractivity contribution in [1.29, 1.82) is 0 Å². The van der Waals surface area contributed by atoms with Gasteiger partial charge in [-0.2, -0.15) is 5.10 Å². The first kappa shape index (κ1) is 23.3. The van der Waals surface area contributed by atoms with Gasteiger partial charge >= 0.3 is 0 Å². The molecule has 0 aliphatic heterocycles. The Bertz CT molecular complexity index is 1440. The summed E-state index contributed by atoms with van der Waals surface area (Å²) in [5.41, 5.74) is 7.04. The number of rotatable bonds is 7. The van der Waals surface area contributed by atoms with E-state index in [1.54, 1.807) is 42.5 Å². The fraction of sp³-hybridized carbons (Fsp3) is 0.0435. The molecule has 3 aromatic carbocycles. The number of hydrogen-bond acceptors (Lipinski definition) is 6. The molecule has 1 aromatic heterocycles. The maximum absolute atomic E-state index is 13.4. The molecule has 4 N–H and O–H groups in total. The monoisotopic (exact) mass is 499 g/mol. The molecule has 0 fully saturated rings. The molecule has 0 saturated carbocycles. The van der Waals surface area contributed by atoms with Gasteiger partial charge in [-0.25, -0.2) is 17.5 Å². The molecule has 0 spiro atoms. The lowest BCUT2D eigenvalue weighted by molar-refractivity contribution is -0.116. The number of benzene rings is 3. The van der Waals surface area contributed by atoms with Crippen molar-refractivity contribution < 1.29 is 17.6 Å². The van der Waals surface area contributed by atoms with Gasteiger partial charge in [0.25, 0.3) is 0 Å². The molecule has 4 rings (SSSR count). The van der Waals surface area contributed by atoms with Gasteiger partial charge in [-0.05, 0) is 54.6 Å². The predicted molar refractivity (Wildman–Crippen MR) is 128 cm³/mol. The average molecular weight is 500 g/mol. The predicted octanol–water partition coefficient (Wildman–Crippen LogP) is 4.47. The minimum atomic E-state index is -4.10. The van der Waals surface area contributed by atoms with Crippen molar-refractivity contribution in [3.63, 3.8) is 0 Å². The third-order valence-corrected chi connectivity index (χ3v) is 6.85. The van der Waals surface area contributed by atoms with Gasteiger partial charge in [-0.3, -0.25) is 4.79 Å². The van der Waals surface area contributed by atoms with Crippen molar-refractivity contribution in [1.82, 2.24) is 9.78 Å². The smallest absolute Gasteiger partial charge is 0.246 e. The Labute approximate surface area is 200 Å². The second-order valence-electron chi connectivity index (χ2n) is 7.23. The fourth-order valence-corrected chi connectivity index (χ4v) is 4.88. The first-order valence-electron chi connectivity index (χ1n) is 9.98. The summed E-state index contributed by atoms with van der Waals surface area (Å²) in [6.45, 7) is -0.360. The van der Waals surface area contributed by atoms with Gasteiger partial charge in [0, 0.05) is 16.4 Å². The topological polar surface area (TPSA) is 119 Å². The number of halogens is 2. The van der Waals surface area contributed by atoms with Gasteiger partial charge in [-0.15, -0.1) is 0 Å². The molecule has 1 heterocycles. The highest BCUT2D eigenvalue weighted by molar-refractivity contribution is 7.91. The number of carbonyl (C=O) groups excluding carboxylic acids is 1. The summed E-state index contributed by atoms with van der Waals surface area (Å²) in [5.74, 6) is -1.27. The summed E-state index contributed by atoms with van der Waals surface area (Å²) in [6, 6.07) is 19.6. The van der Waals surface area contributed by atoms with Gasteiger partial charge in [0.15, 0.2) is 10.7 Å². The summed E-state index contributed by atoms with van der Waals surface area (Å²) in [6.07, 6.45) is 0. The summed E-state index contributed by atoms with van der Waals surface area (Å²) < 4.78 is 41.2. The van der Waals surface area contributed by atoms with Crippen LogP contribution in [0.25, 0.3) is 0 Å². The number of anilines is 4. The molecule has 0 bridgehead atoms. The van der Waals surface area contributed by atoms with E-state index in [1.165, 1.54) is 36.4 Å². The molecule has 0 aliphatic rings. The van der Waals surface area contributed by atoms with Crippen LogP contribution in [0, 0.1) is 5.82 Å². The van der Waals surface area contributed by atoms with E-state index in [-0.39, 0.29) is 28.0 Å². The van der Waals surface area contributed by atoms with Gasteiger partial charge in [0.2, 0.25) is 15.7 Å². The van der Waals surface area contributed by atoms with Crippen molar-refractivity contribution in [2.45, 2.75) is 16.3 Å². The van der Waals surface area contributed by atoms with E-state index in [9.17, 15) is 17.6 Å². The lowest BCUT2D eigenvalue weighted by Crippen LogP contribution is -2.21. The number of nitrogens with zero attached hydrogens (tertiary/aromatic N) is 2. The Morgan fingerprint density at radius 3 is 2.38 bits per heavy atom. The molecular weight excluding hydrogens is 481 g/mol. The average Bonchev–Trinajstić information content (AvgIpc) is 3.11. The standard InChI is InChI=1S/C23H19ClFN5O3S/c24-15-5-4-6-18(13-15)27-20(31)14-30-22(26)21(34(32,33)19-7-2-1-3-8-19)23(29-30)28-17-11-9-16(25)10-12-17/h1-13H,14,26H2,(H,27,31)(H,28,29). The van der Waals surface area contributed by atoms with E-state index in [0.717, 1.165) is 4.68 Å². The second kappa shape index (κ2) is 9.54. The van der Waals surface area contributed by atoms with E-state index in [2.05, 4.69) is 15.7 Å². The van der Waals surface area contributed by atoms with Crippen LogP contribution in [0.1, 0.15) is 0 Å². The van der Waals surface area contributed by atoms with Gasteiger partial charge in [0.05, 0.1) is 4.90 Å². The van der Waals surface area contributed by atoms with Crippen LogP contribution >= 0.6 is 11.6 Å². The zero-order chi connectivity index (χ0) is 24.3. The van der Waals surface area contributed by atoms with Crippen LogP contribution in [0.5, 0.6) is 0 Å². The molecular formula is C23H19ClFN5O3S. The lowest BCUT2D eigenvalue weighted by Gasteiger charge is -2.08. The maximum Gasteiger partial charge on any atom is 0.246 e. The van der Waals surface area contributed by atoms with Crippen LogP contribution in [0.2, 0.25) is 5.02 Å². The molecule has 0 radical (unpaired) electrons. The molecule has 11 heteroatoms. The number of nitrogens with one attached hydrogen (secondary N) is 2. The molecule has 0 saturated heterocycles. The van der Waals surface area contributed by atoms with Crippen molar-refractivity contribution in [3.05, 3.63) is 89.7 Å². The van der Waals surface area contributed by atoms with Crippen LogP contribution in [-0.2, 0) is 21.2 Å². The zero-order valence-corrected chi connectivity index (χ0v) is 19.1. The Kier molecular flexibility index (Phi) is 6.53. The molecule has 174 valence electrons. The van der Waals surface area contributed by atoms with Crippen molar-refractivity contribution in [2.75, 3.05) is 16.4 Å². The molecule has 34 heavy (non-hydrogen) atoms. The van der Waals surface area contributed by atoms with E-state index in [1.807, 2.05) is 0 Å². The van der Waals surface area contributed by atoms with Crippen LogP contribution in [0.3, 0.4) is 0 Å². The first-order valence-corrected chi connectivity index (χ1v) is 11.8. The van der Waals surface area contributed by atoms with Gasteiger partial charge in [-0.1, -0.05) is 35.9 Å². The lowest BCUT2D eigenvalue weighted by atomic mass is 10.3. The number of carbonyl (C=O) groups is 1. The zero-order valence-electron chi connectivity index (χ0n) is 17.6. The number of nitrogens with two attached hydrogens (primary N) is 1. The van der Waals surface area contributed by atoms with E-state index < -0.39 is 21.6 Å². The summed E-state index contributed by atoms with van der Waals surface area (Å²) >= 11 is 5.95. The Hall–Kier alpha value is -3.89. The summed E-state index contributed by atoms with van der Waals surface area (Å²) in [7, 11) is -4.10. The van der Waals surface area contributed by atoms with Gasteiger partial charge < -0.3 is 16.4 Å². The molecule has 1 amide bonds. The number of aromatic nitrogens is 2. The molecule has 0 unspecified atom stereocenters. The van der Waals surface area contributed by atoms with Crippen LogP contribution in [-0.4, -0.2) is 24.1 Å². The third kappa shape index (κ3) is 5.03. The minimum absolute atomic E-state index is 0.00628. The molecule has 0 atom stereocenters. The number of nitrogen functional groups attached to an aromatic ring is 1. The minimum Gasteiger partial charge on any atom is -0.383 e. The third-order valence-electron chi connectivity index (χ3n) is 4.78. The quantitative estimate of drug-likeness (QED) is 0.345. The molecule has 4 aromatic rings. The normalized spacial score (nSPS) is 11.2. The Morgan fingerprint density at radius 2 is 1.71 bits per heavy atom. The van der Waals surface area contributed by atoms with Crippen LogP contribution in [0.15, 0.2) is 88.7 Å².